The quantitative estimate of drug-likeness (QED) is 0.819. The first-order valence-corrected chi connectivity index (χ1v) is 8.90. The van der Waals surface area contributed by atoms with Crippen molar-refractivity contribution in [2.24, 2.45) is 0 Å². The van der Waals surface area contributed by atoms with E-state index in [4.69, 9.17) is 4.74 Å². The monoisotopic (exact) mass is 303 g/mol. The highest BCUT2D eigenvalue weighted by Gasteiger charge is 2.44. The lowest BCUT2D eigenvalue weighted by Crippen LogP contribution is -2.57. The molecule has 1 aromatic carbocycles. The van der Waals surface area contributed by atoms with Gasteiger partial charge in [0.15, 0.2) is 0 Å². The molecule has 2 aromatic rings. The standard InChI is InChI=1S/C18H25NOS/c1-3-11-19-17(18(20-2)9-6-10-18)12-14-13-21-16-8-5-4-7-15(14)16/h4-5,7-8,13,17,19H,3,6,9-12H2,1-2H3. The van der Waals surface area contributed by atoms with Crippen molar-refractivity contribution >= 4 is 21.4 Å². The number of rotatable bonds is 7. The molecule has 1 N–H and O–H groups in total. The maximum absolute atomic E-state index is 5.93. The van der Waals surface area contributed by atoms with E-state index in [0.717, 1.165) is 13.0 Å². The van der Waals surface area contributed by atoms with E-state index in [-0.39, 0.29) is 5.60 Å². The molecule has 0 saturated heterocycles. The molecular formula is C18H25NOS. The van der Waals surface area contributed by atoms with Gasteiger partial charge in [0.1, 0.15) is 0 Å². The van der Waals surface area contributed by atoms with Crippen LogP contribution in [0.5, 0.6) is 0 Å². The fraction of sp³-hybridized carbons (Fsp3) is 0.556. The van der Waals surface area contributed by atoms with Crippen LogP contribution in [0.25, 0.3) is 10.1 Å². The summed E-state index contributed by atoms with van der Waals surface area (Å²) in [6.45, 7) is 3.29. The van der Waals surface area contributed by atoms with Crippen molar-refractivity contribution in [1.82, 2.24) is 5.32 Å². The van der Waals surface area contributed by atoms with Crippen molar-refractivity contribution in [2.45, 2.75) is 50.7 Å². The van der Waals surface area contributed by atoms with Crippen molar-refractivity contribution in [1.29, 1.82) is 0 Å². The topological polar surface area (TPSA) is 21.3 Å². The van der Waals surface area contributed by atoms with Crippen LogP contribution in [0.2, 0.25) is 0 Å². The van der Waals surface area contributed by atoms with Gasteiger partial charge in [-0.1, -0.05) is 25.1 Å². The molecule has 21 heavy (non-hydrogen) atoms. The van der Waals surface area contributed by atoms with Gasteiger partial charge in [-0.2, -0.15) is 0 Å². The molecule has 1 aliphatic rings. The van der Waals surface area contributed by atoms with Crippen molar-refractivity contribution in [3.05, 3.63) is 35.2 Å². The first kappa shape index (κ1) is 15.0. The molecule has 1 heterocycles. The van der Waals surface area contributed by atoms with Gasteiger partial charge in [-0.3, -0.25) is 0 Å². The minimum absolute atomic E-state index is 0.0538. The molecule has 1 atom stereocenters. The summed E-state index contributed by atoms with van der Waals surface area (Å²) in [6.07, 6.45) is 5.90. The molecule has 1 aliphatic carbocycles. The molecule has 0 spiro atoms. The number of fused-ring (bicyclic) bond motifs is 1. The van der Waals surface area contributed by atoms with Crippen LogP contribution in [0, 0.1) is 0 Å². The minimum Gasteiger partial charge on any atom is -0.377 e. The third-order valence-electron chi connectivity index (χ3n) is 4.87. The van der Waals surface area contributed by atoms with E-state index in [0.29, 0.717) is 6.04 Å². The van der Waals surface area contributed by atoms with Crippen LogP contribution in [0.1, 0.15) is 38.2 Å². The number of hydrogen-bond donors (Lipinski definition) is 1. The molecule has 2 nitrogen and oxygen atoms in total. The molecule has 0 amide bonds. The highest BCUT2D eigenvalue weighted by molar-refractivity contribution is 7.17. The summed E-state index contributed by atoms with van der Waals surface area (Å²) in [6, 6.07) is 9.15. The van der Waals surface area contributed by atoms with Crippen LogP contribution in [-0.2, 0) is 11.2 Å². The van der Waals surface area contributed by atoms with E-state index in [2.05, 4.69) is 41.9 Å². The Bertz CT molecular complexity index is 582. The van der Waals surface area contributed by atoms with Gasteiger partial charge in [-0.25, -0.2) is 0 Å². The first-order valence-electron chi connectivity index (χ1n) is 8.03. The second-order valence-electron chi connectivity index (χ2n) is 6.09. The molecule has 0 radical (unpaired) electrons. The summed E-state index contributed by atoms with van der Waals surface area (Å²) in [4.78, 5) is 0. The Morgan fingerprint density at radius 1 is 1.33 bits per heavy atom. The molecule has 3 heteroatoms. The lowest BCUT2D eigenvalue weighted by Gasteiger charge is -2.47. The number of nitrogens with one attached hydrogen (secondary N) is 1. The molecule has 114 valence electrons. The fourth-order valence-electron chi connectivity index (χ4n) is 3.39. The average molecular weight is 303 g/mol. The zero-order valence-corrected chi connectivity index (χ0v) is 13.8. The number of methoxy groups -OCH3 is 1. The Hall–Kier alpha value is -0.900. The summed E-state index contributed by atoms with van der Waals surface area (Å²) in [5.74, 6) is 0. The second-order valence-corrected chi connectivity index (χ2v) is 7.00. The van der Waals surface area contributed by atoms with Crippen molar-refractivity contribution in [2.75, 3.05) is 13.7 Å². The Balaban J connectivity index is 1.83. The largest absolute Gasteiger partial charge is 0.377 e. The Morgan fingerprint density at radius 3 is 2.81 bits per heavy atom. The molecule has 0 bridgehead atoms. The normalized spacial score (nSPS) is 18.6. The minimum atomic E-state index is 0.0538. The van der Waals surface area contributed by atoms with Crippen LogP contribution >= 0.6 is 11.3 Å². The van der Waals surface area contributed by atoms with Gasteiger partial charge in [0.05, 0.1) is 5.60 Å². The summed E-state index contributed by atoms with van der Waals surface area (Å²) in [7, 11) is 1.88. The number of hydrogen-bond acceptors (Lipinski definition) is 3. The SMILES string of the molecule is CCCNC(Cc1csc2ccccc12)C1(OC)CCC1. The van der Waals surface area contributed by atoms with E-state index >= 15 is 0 Å². The molecule has 1 fully saturated rings. The van der Waals surface area contributed by atoms with E-state index in [1.165, 1.54) is 41.3 Å². The van der Waals surface area contributed by atoms with E-state index in [1.54, 1.807) is 0 Å². The third-order valence-corrected chi connectivity index (χ3v) is 5.88. The zero-order chi connectivity index (χ0) is 14.7. The predicted molar refractivity (Wildman–Crippen MR) is 91.2 cm³/mol. The van der Waals surface area contributed by atoms with E-state index < -0.39 is 0 Å². The zero-order valence-electron chi connectivity index (χ0n) is 13.0. The molecule has 1 saturated carbocycles. The lowest BCUT2D eigenvalue weighted by atomic mass is 9.72. The smallest absolute Gasteiger partial charge is 0.0834 e. The van der Waals surface area contributed by atoms with Crippen LogP contribution in [0.3, 0.4) is 0 Å². The van der Waals surface area contributed by atoms with Crippen molar-refractivity contribution in [3.8, 4) is 0 Å². The Morgan fingerprint density at radius 2 is 2.14 bits per heavy atom. The van der Waals surface area contributed by atoms with Gasteiger partial charge in [-0.05, 0) is 61.0 Å². The Labute approximate surface area is 131 Å². The van der Waals surface area contributed by atoms with E-state index in [1.807, 2.05) is 18.4 Å². The van der Waals surface area contributed by atoms with Gasteiger partial charge in [0, 0.05) is 17.9 Å². The van der Waals surface area contributed by atoms with Gasteiger partial charge in [0.2, 0.25) is 0 Å². The summed E-state index contributed by atoms with van der Waals surface area (Å²) < 4.78 is 7.33. The van der Waals surface area contributed by atoms with Crippen LogP contribution in [0.4, 0.5) is 0 Å². The number of thiophene rings is 1. The first-order chi connectivity index (χ1) is 10.3. The highest BCUT2D eigenvalue weighted by Crippen LogP contribution is 2.40. The lowest BCUT2D eigenvalue weighted by molar-refractivity contribution is -0.0979. The van der Waals surface area contributed by atoms with Crippen LogP contribution in [-0.4, -0.2) is 25.3 Å². The van der Waals surface area contributed by atoms with E-state index in [9.17, 15) is 0 Å². The van der Waals surface area contributed by atoms with Gasteiger partial charge in [-0.15, -0.1) is 11.3 Å². The third kappa shape index (κ3) is 2.87. The van der Waals surface area contributed by atoms with Crippen LogP contribution in [0.15, 0.2) is 29.6 Å². The summed E-state index contributed by atoms with van der Waals surface area (Å²) >= 11 is 1.86. The molecule has 3 rings (SSSR count). The van der Waals surface area contributed by atoms with Gasteiger partial charge >= 0.3 is 0 Å². The average Bonchev–Trinajstić information content (AvgIpc) is 2.87. The molecule has 1 unspecified atom stereocenters. The van der Waals surface area contributed by atoms with Crippen molar-refractivity contribution in [3.63, 3.8) is 0 Å². The summed E-state index contributed by atoms with van der Waals surface area (Å²) in [5, 5.41) is 7.49. The summed E-state index contributed by atoms with van der Waals surface area (Å²) in [5.41, 5.74) is 1.52. The number of ether oxygens (including phenoxy) is 1. The maximum Gasteiger partial charge on any atom is 0.0834 e. The van der Waals surface area contributed by atoms with Gasteiger partial charge < -0.3 is 10.1 Å². The fourth-order valence-corrected chi connectivity index (χ4v) is 4.37. The van der Waals surface area contributed by atoms with Gasteiger partial charge in [0.25, 0.3) is 0 Å². The predicted octanol–water partition coefficient (Wildman–Crippen LogP) is 4.38. The maximum atomic E-state index is 5.93. The molecular weight excluding hydrogens is 278 g/mol. The second kappa shape index (κ2) is 6.47. The Kier molecular flexibility index (Phi) is 4.63. The van der Waals surface area contributed by atoms with Crippen LogP contribution < -0.4 is 5.32 Å². The highest BCUT2D eigenvalue weighted by atomic mass is 32.1. The van der Waals surface area contributed by atoms with Crippen molar-refractivity contribution < 1.29 is 4.74 Å². The molecule has 1 aromatic heterocycles. The number of benzene rings is 1. The molecule has 0 aliphatic heterocycles.